The van der Waals surface area contributed by atoms with Crippen LogP contribution in [0.5, 0.6) is 0 Å². The first-order valence-corrected chi connectivity index (χ1v) is 10.2. The molecular formula is C23H28F3N3O. The minimum absolute atomic E-state index is 0.115. The molecule has 2 aromatic rings. The molecule has 7 heteroatoms. The van der Waals surface area contributed by atoms with Crippen LogP contribution in [0.4, 0.5) is 18.9 Å². The Morgan fingerprint density at radius 3 is 2.30 bits per heavy atom. The molecule has 1 fully saturated rings. The minimum Gasteiger partial charge on any atom is -0.369 e. The molecule has 2 aromatic carbocycles. The predicted octanol–water partition coefficient (Wildman–Crippen LogP) is 4.27. The van der Waals surface area contributed by atoms with Crippen molar-refractivity contribution in [2.45, 2.75) is 32.0 Å². The van der Waals surface area contributed by atoms with Gasteiger partial charge in [-0.25, -0.2) is 0 Å². The van der Waals surface area contributed by atoms with E-state index in [4.69, 9.17) is 0 Å². The van der Waals surface area contributed by atoms with Crippen LogP contribution in [-0.2, 0) is 17.5 Å². The Morgan fingerprint density at radius 2 is 1.67 bits per heavy atom. The minimum atomic E-state index is -4.35. The molecule has 3 rings (SSSR count). The number of anilines is 1. The van der Waals surface area contributed by atoms with Gasteiger partial charge in [-0.1, -0.05) is 37.3 Å². The van der Waals surface area contributed by atoms with Crippen molar-refractivity contribution in [1.82, 2.24) is 10.2 Å². The number of carbonyl (C=O) groups is 1. The molecule has 1 atom stereocenters. The fraction of sp³-hybridized carbons (Fsp3) is 0.435. The third kappa shape index (κ3) is 5.75. The van der Waals surface area contributed by atoms with Crippen LogP contribution in [0.25, 0.3) is 0 Å². The first kappa shape index (κ1) is 22.2. The second-order valence-corrected chi connectivity index (χ2v) is 7.92. The van der Waals surface area contributed by atoms with E-state index in [0.717, 1.165) is 55.1 Å². The summed E-state index contributed by atoms with van der Waals surface area (Å²) in [5.41, 5.74) is 2.25. The highest BCUT2D eigenvalue weighted by molar-refractivity contribution is 5.77. The number of rotatable bonds is 6. The molecule has 0 bridgehead atoms. The molecule has 1 aliphatic heterocycles. The van der Waals surface area contributed by atoms with Gasteiger partial charge in [0.05, 0.1) is 5.56 Å². The highest BCUT2D eigenvalue weighted by Crippen LogP contribution is 2.30. The van der Waals surface area contributed by atoms with Crippen molar-refractivity contribution in [3.8, 4) is 0 Å². The van der Waals surface area contributed by atoms with E-state index in [1.165, 1.54) is 12.1 Å². The van der Waals surface area contributed by atoms with Crippen molar-refractivity contribution in [1.29, 1.82) is 0 Å². The van der Waals surface area contributed by atoms with E-state index in [0.29, 0.717) is 6.54 Å². The summed E-state index contributed by atoms with van der Waals surface area (Å²) in [5, 5.41) is 2.97. The van der Waals surface area contributed by atoms with Gasteiger partial charge in [-0.15, -0.1) is 0 Å². The molecule has 162 valence electrons. The first-order chi connectivity index (χ1) is 14.2. The average Bonchev–Trinajstić information content (AvgIpc) is 2.72. The average molecular weight is 419 g/mol. The smallest absolute Gasteiger partial charge is 0.369 e. The second kappa shape index (κ2) is 9.51. The number of carbonyl (C=O) groups excluding carboxylic acids is 1. The predicted molar refractivity (Wildman–Crippen MR) is 112 cm³/mol. The Kier molecular flexibility index (Phi) is 7.02. The zero-order valence-electron chi connectivity index (χ0n) is 17.4. The third-order valence-corrected chi connectivity index (χ3v) is 5.61. The lowest BCUT2D eigenvalue weighted by atomic mass is 9.96. The molecule has 0 spiro atoms. The number of likely N-dealkylation sites (N-methyl/N-ethyl adjacent to an activating group) is 1. The lowest BCUT2D eigenvalue weighted by molar-refractivity contribution is -0.137. The molecule has 0 aliphatic carbocycles. The Labute approximate surface area is 175 Å². The van der Waals surface area contributed by atoms with Crippen LogP contribution in [0.3, 0.4) is 0 Å². The fourth-order valence-corrected chi connectivity index (χ4v) is 3.68. The molecule has 30 heavy (non-hydrogen) atoms. The molecular weight excluding hydrogens is 391 g/mol. The van der Waals surface area contributed by atoms with Crippen molar-refractivity contribution < 1.29 is 18.0 Å². The zero-order chi connectivity index (χ0) is 21.7. The lowest BCUT2D eigenvalue weighted by Gasteiger charge is -2.35. The first-order valence-electron chi connectivity index (χ1n) is 10.2. The summed E-state index contributed by atoms with van der Waals surface area (Å²) in [5.74, 6) is -0.282. The summed E-state index contributed by atoms with van der Waals surface area (Å²) in [6.45, 7) is 6.19. The topological polar surface area (TPSA) is 35.6 Å². The summed E-state index contributed by atoms with van der Waals surface area (Å²) < 4.78 is 38.1. The standard InChI is InChI=1S/C23H28F3N3O/c1-17(18-7-9-20(10-8-18)23(24,25)26)15-22(30)27-16-19-5-3-4-6-21(19)29-13-11-28(2)12-14-29/h3-10,17H,11-16H2,1-2H3,(H,27,30). The van der Waals surface area contributed by atoms with E-state index in [2.05, 4.69) is 28.2 Å². The number of piperazine rings is 1. The van der Waals surface area contributed by atoms with Crippen LogP contribution in [0.15, 0.2) is 48.5 Å². The van der Waals surface area contributed by atoms with Gasteiger partial charge in [-0.05, 0) is 42.3 Å². The lowest BCUT2D eigenvalue weighted by Crippen LogP contribution is -2.45. The van der Waals surface area contributed by atoms with Crippen LogP contribution in [0.2, 0.25) is 0 Å². The van der Waals surface area contributed by atoms with Gasteiger partial charge in [0.15, 0.2) is 0 Å². The van der Waals surface area contributed by atoms with Crippen LogP contribution >= 0.6 is 0 Å². The number of hydrogen-bond acceptors (Lipinski definition) is 3. The fourth-order valence-electron chi connectivity index (χ4n) is 3.68. The van der Waals surface area contributed by atoms with E-state index in [1.54, 1.807) is 0 Å². The number of alkyl halides is 3. The molecule has 1 unspecified atom stereocenters. The Hall–Kier alpha value is -2.54. The monoisotopic (exact) mass is 419 g/mol. The van der Waals surface area contributed by atoms with Crippen LogP contribution in [0.1, 0.15) is 36.0 Å². The van der Waals surface area contributed by atoms with Gasteiger partial charge in [0.2, 0.25) is 5.91 Å². The number of para-hydroxylation sites is 1. The van der Waals surface area contributed by atoms with E-state index in [9.17, 15) is 18.0 Å². The van der Waals surface area contributed by atoms with Crippen molar-refractivity contribution in [3.63, 3.8) is 0 Å². The summed E-state index contributed by atoms with van der Waals surface area (Å²) in [4.78, 5) is 17.1. The second-order valence-electron chi connectivity index (χ2n) is 7.92. The van der Waals surface area contributed by atoms with E-state index >= 15 is 0 Å². The van der Waals surface area contributed by atoms with Gasteiger partial charge in [0.25, 0.3) is 0 Å². The number of nitrogens with one attached hydrogen (secondary N) is 1. The number of nitrogens with zero attached hydrogens (tertiary/aromatic N) is 2. The van der Waals surface area contributed by atoms with Gasteiger partial charge < -0.3 is 15.1 Å². The molecule has 1 saturated heterocycles. The quantitative estimate of drug-likeness (QED) is 0.760. The summed E-state index contributed by atoms with van der Waals surface area (Å²) in [7, 11) is 2.11. The highest BCUT2D eigenvalue weighted by atomic mass is 19.4. The van der Waals surface area contributed by atoms with Crippen molar-refractivity contribution in [2.24, 2.45) is 0 Å². The SMILES string of the molecule is CC(CC(=O)NCc1ccccc1N1CCN(C)CC1)c1ccc(C(F)(F)F)cc1. The molecule has 4 nitrogen and oxygen atoms in total. The van der Waals surface area contributed by atoms with Gasteiger partial charge >= 0.3 is 6.18 Å². The number of hydrogen-bond donors (Lipinski definition) is 1. The maximum Gasteiger partial charge on any atom is 0.416 e. The van der Waals surface area contributed by atoms with Crippen LogP contribution < -0.4 is 10.2 Å². The van der Waals surface area contributed by atoms with E-state index in [1.807, 2.05) is 25.1 Å². The maximum atomic E-state index is 12.7. The number of amides is 1. The van der Waals surface area contributed by atoms with Crippen molar-refractivity contribution >= 4 is 11.6 Å². The van der Waals surface area contributed by atoms with Crippen molar-refractivity contribution in [3.05, 3.63) is 65.2 Å². The molecule has 0 radical (unpaired) electrons. The van der Waals surface area contributed by atoms with Gasteiger partial charge in [0.1, 0.15) is 0 Å². The Morgan fingerprint density at radius 1 is 1.03 bits per heavy atom. The van der Waals surface area contributed by atoms with Crippen molar-refractivity contribution in [2.75, 3.05) is 38.1 Å². The van der Waals surface area contributed by atoms with Gasteiger partial charge in [0, 0.05) is 44.8 Å². The zero-order valence-corrected chi connectivity index (χ0v) is 17.4. The van der Waals surface area contributed by atoms with Gasteiger partial charge in [-0.2, -0.15) is 13.2 Å². The largest absolute Gasteiger partial charge is 0.416 e. The van der Waals surface area contributed by atoms with E-state index in [-0.39, 0.29) is 18.2 Å². The molecule has 0 saturated carbocycles. The normalized spacial score (nSPS) is 16.4. The summed E-state index contributed by atoms with van der Waals surface area (Å²) in [6, 6.07) is 13.1. The highest BCUT2D eigenvalue weighted by Gasteiger charge is 2.30. The van der Waals surface area contributed by atoms with E-state index < -0.39 is 11.7 Å². The van der Waals surface area contributed by atoms with Crippen LogP contribution in [-0.4, -0.2) is 44.0 Å². The van der Waals surface area contributed by atoms with Crippen LogP contribution in [0, 0.1) is 0 Å². The Bertz CT molecular complexity index is 844. The summed E-state index contributed by atoms with van der Waals surface area (Å²) in [6.07, 6.45) is -4.13. The summed E-state index contributed by atoms with van der Waals surface area (Å²) >= 11 is 0. The maximum absolute atomic E-state index is 12.7. The molecule has 1 aliphatic rings. The number of halogens is 3. The molecule has 1 heterocycles. The molecule has 1 N–H and O–H groups in total. The molecule has 0 aromatic heterocycles. The number of benzene rings is 2. The van der Waals surface area contributed by atoms with Gasteiger partial charge in [-0.3, -0.25) is 4.79 Å². The molecule has 1 amide bonds. The third-order valence-electron chi connectivity index (χ3n) is 5.61. The Balaban J connectivity index is 1.56.